The standard InChI is InChI=1S/C9H14ClNO2/c10-8(12)11-4-1-9(7-11)2-5-13-6-3-9/h1-7H2. The highest BCUT2D eigenvalue weighted by molar-refractivity contribution is 6.62. The topological polar surface area (TPSA) is 29.5 Å². The summed E-state index contributed by atoms with van der Waals surface area (Å²) in [7, 11) is 0. The zero-order valence-electron chi connectivity index (χ0n) is 7.59. The second-order valence-corrected chi connectivity index (χ2v) is 4.36. The van der Waals surface area contributed by atoms with Gasteiger partial charge < -0.3 is 9.64 Å². The van der Waals surface area contributed by atoms with Gasteiger partial charge in [0, 0.05) is 26.3 Å². The van der Waals surface area contributed by atoms with Crippen LogP contribution in [0.3, 0.4) is 0 Å². The van der Waals surface area contributed by atoms with Crippen molar-refractivity contribution in [3.63, 3.8) is 0 Å². The van der Waals surface area contributed by atoms with E-state index < -0.39 is 0 Å². The van der Waals surface area contributed by atoms with Gasteiger partial charge in [-0.2, -0.15) is 0 Å². The van der Waals surface area contributed by atoms with Crippen LogP contribution >= 0.6 is 11.6 Å². The first-order valence-corrected chi connectivity index (χ1v) is 5.12. The average molecular weight is 204 g/mol. The number of halogens is 1. The summed E-state index contributed by atoms with van der Waals surface area (Å²) >= 11 is 5.44. The number of ether oxygens (including phenoxy) is 1. The maximum absolute atomic E-state index is 10.9. The normalized spacial score (nSPS) is 26.7. The number of hydrogen-bond acceptors (Lipinski definition) is 2. The minimum Gasteiger partial charge on any atom is -0.381 e. The summed E-state index contributed by atoms with van der Waals surface area (Å²) < 4.78 is 5.32. The van der Waals surface area contributed by atoms with Gasteiger partial charge in [-0.05, 0) is 36.3 Å². The van der Waals surface area contributed by atoms with Crippen molar-refractivity contribution in [2.75, 3.05) is 26.3 Å². The van der Waals surface area contributed by atoms with E-state index >= 15 is 0 Å². The highest BCUT2D eigenvalue weighted by Gasteiger charge is 2.40. The molecule has 0 bridgehead atoms. The number of nitrogens with zero attached hydrogens (tertiary/aromatic N) is 1. The molecule has 0 aromatic heterocycles. The highest BCUT2D eigenvalue weighted by Crippen LogP contribution is 2.39. The van der Waals surface area contributed by atoms with Crippen LogP contribution in [0, 0.1) is 5.41 Å². The van der Waals surface area contributed by atoms with Crippen LogP contribution in [0.5, 0.6) is 0 Å². The molecule has 1 spiro atoms. The summed E-state index contributed by atoms with van der Waals surface area (Å²) in [6, 6.07) is 0. The van der Waals surface area contributed by atoms with E-state index in [1.54, 1.807) is 4.90 Å². The number of likely N-dealkylation sites (tertiary alicyclic amines) is 1. The number of rotatable bonds is 0. The van der Waals surface area contributed by atoms with Crippen molar-refractivity contribution in [3.05, 3.63) is 0 Å². The van der Waals surface area contributed by atoms with Gasteiger partial charge in [-0.25, -0.2) is 0 Å². The van der Waals surface area contributed by atoms with Crippen molar-refractivity contribution in [3.8, 4) is 0 Å². The zero-order valence-corrected chi connectivity index (χ0v) is 8.35. The molecule has 2 heterocycles. The van der Waals surface area contributed by atoms with Gasteiger partial charge in [0.2, 0.25) is 0 Å². The Labute approximate surface area is 83.0 Å². The van der Waals surface area contributed by atoms with Gasteiger partial charge in [-0.3, -0.25) is 4.79 Å². The van der Waals surface area contributed by atoms with Gasteiger partial charge >= 0.3 is 5.37 Å². The van der Waals surface area contributed by atoms with Crippen molar-refractivity contribution >= 4 is 17.0 Å². The third kappa shape index (κ3) is 1.81. The number of amides is 1. The van der Waals surface area contributed by atoms with Crippen molar-refractivity contribution in [1.82, 2.24) is 4.90 Å². The zero-order chi connectivity index (χ0) is 9.31. The van der Waals surface area contributed by atoms with Crippen LogP contribution in [0.4, 0.5) is 4.79 Å². The fourth-order valence-corrected chi connectivity index (χ4v) is 2.44. The number of carbonyl (C=O) groups is 1. The smallest absolute Gasteiger partial charge is 0.316 e. The van der Waals surface area contributed by atoms with Crippen LogP contribution < -0.4 is 0 Å². The third-order valence-corrected chi connectivity index (χ3v) is 3.48. The molecule has 4 heteroatoms. The molecular formula is C9H14ClNO2. The van der Waals surface area contributed by atoms with Crippen molar-refractivity contribution in [2.24, 2.45) is 5.41 Å². The highest BCUT2D eigenvalue weighted by atomic mass is 35.5. The van der Waals surface area contributed by atoms with Crippen LogP contribution in [-0.2, 0) is 4.74 Å². The summed E-state index contributed by atoms with van der Waals surface area (Å²) in [4.78, 5) is 12.7. The van der Waals surface area contributed by atoms with E-state index in [2.05, 4.69) is 0 Å². The van der Waals surface area contributed by atoms with Crippen LogP contribution in [0.25, 0.3) is 0 Å². The molecule has 2 saturated heterocycles. The first-order valence-electron chi connectivity index (χ1n) is 4.74. The Balaban J connectivity index is 1.98. The molecule has 13 heavy (non-hydrogen) atoms. The predicted molar refractivity (Wildman–Crippen MR) is 49.9 cm³/mol. The van der Waals surface area contributed by atoms with Gasteiger partial charge in [-0.15, -0.1) is 0 Å². The summed E-state index contributed by atoms with van der Waals surface area (Å²) in [6.07, 6.45) is 3.25. The van der Waals surface area contributed by atoms with Crippen LogP contribution in [-0.4, -0.2) is 36.6 Å². The van der Waals surface area contributed by atoms with E-state index in [1.165, 1.54) is 0 Å². The molecule has 0 saturated carbocycles. The summed E-state index contributed by atoms with van der Waals surface area (Å²) in [6.45, 7) is 3.33. The number of hydrogen-bond donors (Lipinski definition) is 0. The minimum absolute atomic E-state index is 0.302. The fourth-order valence-electron chi connectivity index (χ4n) is 2.30. The maximum Gasteiger partial charge on any atom is 0.316 e. The monoisotopic (exact) mass is 203 g/mol. The minimum atomic E-state index is -0.302. The molecule has 0 N–H and O–H groups in total. The summed E-state index contributed by atoms with van der Waals surface area (Å²) in [5, 5.41) is -0.302. The Kier molecular flexibility index (Phi) is 2.47. The quantitative estimate of drug-likeness (QED) is 0.444. The van der Waals surface area contributed by atoms with Gasteiger partial charge in [0.05, 0.1) is 0 Å². The SMILES string of the molecule is O=C(Cl)N1CCC2(CCOCC2)C1. The molecule has 3 nitrogen and oxygen atoms in total. The average Bonchev–Trinajstić information content (AvgIpc) is 2.51. The molecule has 2 aliphatic rings. The number of carbonyl (C=O) groups excluding carboxylic acids is 1. The predicted octanol–water partition coefficient (Wildman–Crippen LogP) is 1.85. The molecule has 0 aromatic rings. The first-order chi connectivity index (χ1) is 6.22. The van der Waals surface area contributed by atoms with E-state index in [-0.39, 0.29) is 5.37 Å². The second-order valence-electron chi connectivity index (χ2n) is 4.04. The molecular weight excluding hydrogens is 190 g/mol. The lowest BCUT2D eigenvalue weighted by Crippen LogP contribution is -2.33. The molecule has 0 aliphatic carbocycles. The Morgan fingerprint density at radius 2 is 2.00 bits per heavy atom. The van der Waals surface area contributed by atoms with E-state index in [0.29, 0.717) is 5.41 Å². The van der Waals surface area contributed by atoms with Crippen LogP contribution in [0.1, 0.15) is 19.3 Å². The largest absolute Gasteiger partial charge is 0.381 e. The maximum atomic E-state index is 10.9. The van der Waals surface area contributed by atoms with Gasteiger partial charge in [0.1, 0.15) is 0 Å². The summed E-state index contributed by atoms with van der Waals surface area (Å²) in [5.74, 6) is 0. The Bertz CT molecular complexity index is 214. The molecule has 0 aromatic carbocycles. The lowest BCUT2D eigenvalue weighted by atomic mass is 9.80. The molecule has 0 unspecified atom stereocenters. The van der Waals surface area contributed by atoms with E-state index in [0.717, 1.165) is 45.6 Å². The Morgan fingerprint density at radius 1 is 1.31 bits per heavy atom. The van der Waals surface area contributed by atoms with Gasteiger partial charge in [-0.1, -0.05) is 0 Å². The summed E-state index contributed by atoms with van der Waals surface area (Å²) in [5.41, 5.74) is 0.322. The second kappa shape index (κ2) is 3.46. The van der Waals surface area contributed by atoms with Gasteiger partial charge in [0.15, 0.2) is 0 Å². The first kappa shape index (κ1) is 9.28. The molecule has 0 radical (unpaired) electrons. The van der Waals surface area contributed by atoms with E-state index in [1.807, 2.05) is 0 Å². The Morgan fingerprint density at radius 3 is 2.54 bits per heavy atom. The molecule has 0 atom stereocenters. The molecule has 2 fully saturated rings. The fraction of sp³-hybridized carbons (Fsp3) is 0.889. The Hall–Kier alpha value is -0.280. The molecule has 74 valence electrons. The molecule has 2 aliphatic heterocycles. The van der Waals surface area contributed by atoms with Crippen LogP contribution in [0.15, 0.2) is 0 Å². The third-order valence-electron chi connectivity index (χ3n) is 3.24. The lowest BCUT2D eigenvalue weighted by molar-refractivity contribution is 0.0213. The van der Waals surface area contributed by atoms with Crippen LogP contribution in [0.2, 0.25) is 0 Å². The van der Waals surface area contributed by atoms with Crippen molar-refractivity contribution < 1.29 is 9.53 Å². The van der Waals surface area contributed by atoms with Crippen molar-refractivity contribution in [1.29, 1.82) is 0 Å². The van der Waals surface area contributed by atoms with Gasteiger partial charge in [0.25, 0.3) is 0 Å². The van der Waals surface area contributed by atoms with E-state index in [9.17, 15) is 4.79 Å². The molecule has 2 rings (SSSR count). The molecule has 1 amide bonds. The lowest BCUT2D eigenvalue weighted by Gasteiger charge is -2.32. The van der Waals surface area contributed by atoms with Crippen molar-refractivity contribution in [2.45, 2.75) is 19.3 Å². The van der Waals surface area contributed by atoms with E-state index in [4.69, 9.17) is 16.3 Å².